The first-order chi connectivity index (χ1) is 8.36. The third-order valence-electron chi connectivity index (χ3n) is 3.31. The van der Waals surface area contributed by atoms with Crippen LogP contribution in [0.5, 0.6) is 0 Å². The maximum atomic E-state index is 4.04. The van der Waals surface area contributed by atoms with Gasteiger partial charge in [-0.2, -0.15) is 0 Å². The zero-order valence-electron chi connectivity index (χ0n) is 11.4. The number of aromatic nitrogens is 2. The number of rotatable bonds is 10. The lowest BCUT2D eigenvalue weighted by molar-refractivity contribution is 0.415. The van der Waals surface area contributed by atoms with Crippen molar-refractivity contribution in [2.75, 3.05) is 13.1 Å². The first-order valence-corrected chi connectivity index (χ1v) is 7.03. The normalized spacial score (nSPS) is 12.8. The fourth-order valence-corrected chi connectivity index (χ4v) is 2.06. The number of hydrogen-bond donors (Lipinski definition) is 1. The van der Waals surface area contributed by atoms with Gasteiger partial charge in [-0.25, -0.2) is 4.98 Å². The van der Waals surface area contributed by atoms with E-state index in [4.69, 9.17) is 0 Å². The van der Waals surface area contributed by atoms with Gasteiger partial charge in [-0.15, -0.1) is 0 Å². The van der Waals surface area contributed by atoms with Crippen LogP contribution in [0.2, 0.25) is 0 Å². The Kier molecular flexibility index (Phi) is 7.72. The molecule has 1 unspecified atom stereocenters. The number of unbranched alkanes of at least 4 members (excludes halogenated alkanes) is 1. The number of nitrogens with zero attached hydrogens (tertiary/aromatic N) is 2. The van der Waals surface area contributed by atoms with Gasteiger partial charge in [0.25, 0.3) is 0 Å². The SMILES string of the molecule is CCCCC(CC)CNCCCn1ccnc1. The van der Waals surface area contributed by atoms with Gasteiger partial charge in [0.05, 0.1) is 6.33 Å². The van der Waals surface area contributed by atoms with Gasteiger partial charge in [-0.3, -0.25) is 0 Å². The molecule has 1 aromatic heterocycles. The summed E-state index contributed by atoms with van der Waals surface area (Å²) in [5.74, 6) is 0.864. The van der Waals surface area contributed by atoms with E-state index in [0.29, 0.717) is 0 Å². The maximum absolute atomic E-state index is 4.04. The van der Waals surface area contributed by atoms with Crippen LogP contribution in [-0.4, -0.2) is 22.6 Å². The monoisotopic (exact) mass is 237 g/mol. The molecule has 3 nitrogen and oxygen atoms in total. The van der Waals surface area contributed by atoms with Crippen molar-refractivity contribution in [3.05, 3.63) is 18.7 Å². The van der Waals surface area contributed by atoms with Crippen LogP contribution in [0.15, 0.2) is 18.7 Å². The lowest BCUT2D eigenvalue weighted by Gasteiger charge is -2.15. The third-order valence-corrected chi connectivity index (χ3v) is 3.31. The van der Waals surface area contributed by atoms with Crippen LogP contribution >= 0.6 is 0 Å². The number of imidazole rings is 1. The van der Waals surface area contributed by atoms with Gasteiger partial charge < -0.3 is 9.88 Å². The van der Waals surface area contributed by atoms with Crippen LogP contribution < -0.4 is 5.32 Å². The Morgan fingerprint density at radius 3 is 2.82 bits per heavy atom. The van der Waals surface area contributed by atoms with E-state index >= 15 is 0 Å². The molecule has 0 aliphatic rings. The Balaban J connectivity index is 1.98. The predicted octanol–water partition coefficient (Wildman–Crippen LogP) is 3.08. The molecule has 1 aromatic rings. The van der Waals surface area contributed by atoms with Crippen molar-refractivity contribution >= 4 is 0 Å². The van der Waals surface area contributed by atoms with Crippen LogP contribution in [0, 0.1) is 5.92 Å². The van der Waals surface area contributed by atoms with Crippen molar-refractivity contribution in [2.24, 2.45) is 5.92 Å². The molecule has 1 atom stereocenters. The zero-order valence-corrected chi connectivity index (χ0v) is 11.4. The summed E-state index contributed by atoms with van der Waals surface area (Å²) in [7, 11) is 0. The fourth-order valence-electron chi connectivity index (χ4n) is 2.06. The van der Waals surface area contributed by atoms with E-state index in [2.05, 4.69) is 28.7 Å². The van der Waals surface area contributed by atoms with Crippen molar-refractivity contribution in [1.29, 1.82) is 0 Å². The lowest BCUT2D eigenvalue weighted by Crippen LogP contribution is -2.24. The van der Waals surface area contributed by atoms with Crippen molar-refractivity contribution in [1.82, 2.24) is 14.9 Å². The lowest BCUT2D eigenvalue weighted by atomic mass is 9.99. The van der Waals surface area contributed by atoms with Gasteiger partial charge in [-0.1, -0.05) is 33.1 Å². The highest BCUT2D eigenvalue weighted by molar-refractivity contribution is 4.73. The second-order valence-corrected chi connectivity index (χ2v) is 4.77. The summed E-state index contributed by atoms with van der Waals surface area (Å²) in [6.45, 7) is 7.93. The fraction of sp³-hybridized carbons (Fsp3) is 0.786. The summed E-state index contributed by atoms with van der Waals surface area (Å²) < 4.78 is 2.13. The molecule has 0 aromatic carbocycles. The van der Waals surface area contributed by atoms with Gasteiger partial charge in [0.15, 0.2) is 0 Å². The van der Waals surface area contributed by atoms with Crippen LogP contribution in [0.4, 0.5) is 0 Å². The Hall–Kier alpha value is -0.830. The minimum Gasteiger partial charge on any atom is -0.337 e. The smallest absolute Gasteiger partial charge is 0.0945 e. The molecule has 17 heavy (non-hydrogen) atoms. The largest absolute Gasteiger partial charge is 0.337 e. The molecule has 1 heterocycles. The number of aryl methyl sites for hydroxylation is 1. The van der Waals surface area contributed by atoms with Crippen molar-refractivity contribution in [3.8, 4) is 0 Å². The first-order valence-electron chi connectivity index (χ1n) is 7.03. The molecule has 1 N–H and O–H groups in total. The van der Waals surface area contributed by atoms with Gasteiger partial charge >= 0.3 is 0 Å². The van der Waals surface area contributed by atoms with Crippen molar-refractivity contribution in [2.45, 2.75) is 52.5 Å². The molecule has 0 spiro atoms. The van der Waals surface area contributed by atoms with Crippen molar-refractivity contribution in [3.63, 3.8) is 0 Å². The summed E-state index contributed by atoms with van der Waals surface area (Å²) >= 11 is 0. The Morgan fingerprint density at radius 2 is 2.18 bits per heavy atom. The quantitative estimate of drug-likeness (QED) is 0.634. The van der Waals surface area contributed by atoms with Crippen LogP contribution in [-0.2, 0) is 6.54 Å². The molecule has 0 aliphatic heterocycles. The minimum atomic E-state index is 0.864. The van der Waals surface area contributed by atoms with Gasteiger partial charge in [0.1, 0.15) is 0 Å². The molecule has 0 amide bonds. The molecule has 0 bridgehead atoms. The average Bonchev–Trinajstić information content (AvgIpc) is 2.85. The average molecular weight is 237 g/mol. The molecule has 0 fully saturated rings. The second kappa shape index (κ2) is 9.23. The summed E-state index contributed by atoms with van der Waals surface area (Å²) in [6, 6.07) is 0. The van der Waals surface area contributed by atoms with Crippen LogP contribution in [0.1, 0.15) is 46.0 Å². The molecule has 1 rings (SSSR count). The minimum absolute atomic E-state index is 0.864. The molecule has 0 saturated heterocycles. The Bertz CT molecular complexity index is 256. The first kappa shape index (κ1) is 14.2. The van der Waals surface area contributed by atoms with E-state index < -0.39 is 0 Å². The van der Waals surface area contributed by atoms with Gasteiger partial charge in [0, 0.05) is 18.9 Å². The highest BCUT2D eigenvalue weighted by atomic mass is 15.0. The highest BCUT2D eigenvalue weighted by Crippen LogP contribution is 2.10. The number of hydrogen-bond acceptors (Lipinski definition) is 2. The van der Waals surface area contributed by atoms with Gasteiger partial charge in [-0.05, 0) is 31.8 Å². The predicted molar refractivity (Wildman–Crippen MR) is 73.0 cm³/mol. The molecule has 3 heteroatoms. The molecular formula is C14H27N3. The van der Waals surface area contributed by atoms with E-state index in [1.54, 1.807) is 0 Å². The number of nitrogens with one attached hydrogen (secondary N) is 1. The summed E-state index contributed by atoms with van der Waals surface area (Å²) in [5, 5.41) is 3.57. The van der Waals surface area contributed by atoms with Gasteiger partial charge in [0.2, 0.25) is 0 Å². The maximum Gasteiger partial charge on any atom is 0.0945 e. The molecule has 0 aliphatic carbocycles. The standard InChI is InChI=1S/C14H27N3/c1-3-5-7-14(4-2)12-15-8-6-10-17-11-9-16-13-17/h9,11,13-15H,3-8,10,12H2,1-2H3. The molecular weight excluding hydrogens is 210 g/mol. The molecule has 0 radical (unpaired) electrons. The van der Waals surface area contributed by atoms with E-state index in [-0.39, 0.29) is 0 Å². The van der Waals surface area contributed by atoms with Crippen LogP contribution in [0.3, 0.4) is 0 Å². The Morgan fingerprint density at radius 1 is 1.29 bits per heavy atom. The third kappa shape index (κ3) is 6.47. The summed E-state index contributed by atoms with van der Waals surface area (Å²) in [5.41, 5.74) is 0. The van der Waals surface area contributed by atoms with E-state index in [1.807, 2.05) is 18.7 Å². The Labute approximate surface area is 106 Å². The van der Waals surface area contributed by atoms with E-state index in [9.17, 15) is 0 Å². The summed E-state index contributed by atoms with van der Waals surface area (Å²) in [4.78, 5) is 4.04. The topological polar surface area (TPSA) is 29.9 Å². The zero-order chi connectivity index (χ0) is 12.3. The van der Waals surface area contributed by atoms with Crippen LogP contribution in [0.25, 0.3) is 0 Å². The highest BCUT2D eigenvalue weighted by Gasteiger charge is 2.04. The van der Waals surface area contributed by atoms with E-state index in [0.717, 1.165) is 19.0 Å². The van der Waals surface area contributed by atoms with Crippen molar-refractivity contribution < 1.29 is 0 Å². The second-order valence-electron chi connectivity index (χ2n) is 4.77. The van der Waals surface area contributed by atoms with E-state index in [1.165, 1.54) is 38.6 Å². The molecule has 98 valence electrons. The summed E-state index contributed by atoms with van der Waals surface area (Å²) in [6.07, 6.45) is 12.3. The molecule has 0 saturated carbocycles.